The molecule has 0 spiro atoms. The van der Waals surface area contributed by atoms with E-state index in [-0.39, 0.29) is 5.56 Å². The number of rotatable bonds is 0. The Morgan fingerprint density at radius 1 is 1.36 bits per heavy atom. The van der Waals surface area contributed by atoms with Crippen molar-refractivity contribution in [3.63, 3.8) is 0 Å². The van der Waals surface area contributed by atoms with Gasteiger partial charge < -0.3 is 9.88 Å². The Bertz CT molecular complexity index is 410. The van der Waals surface area contributed by atoms with Gasteiger partial charge >= 0.3 is 0 Å². The van der Waals surface area contributed by atoms with Crippen LogP contribution in [0.2, 0.25) is 0 Å². The molecule has 1 fully saturated rings. The Morgan fingerprint density at radius 2 is 2.29 bits per heavy atom. The largest absolute Gasteiger partial charge is 0.316 e. The number of nitrogens with one attached hydrogen (secondary N) is 1. The van der Waals surface area contributed by atoms with Gasteiger partial charge in [0.05, 0.1) is 0 Å². The Kier molecular flexibility index (Phi) is 1.74. The highest BCUT2D eigenvalue weighted by Crippen LogP contribution is 2.31. The first kappa shape index (κ1) is 8.24. The monoisotopic (exact) mass is 190 g/mol. The number of hydrogen-bond acceptors (Lipinski definition) is 2. The third kappa shape index (κ3) is 1.12. The number of piperidine rings is 1. The summed E-state index contributed by atoms with van der Waals surface area (Å²) in [7, 11) is 0. The van der Waals surface area contributed by atoms with Gasteiger partial charge in [0.2, 0.25) is 0 Å². The molecule has 0 aliphatic carbocycles. The smallest absolute Gasteiger partial charge is 0.250 e. The van der Waals surface area contributed by atoms with Crippen LogP contribution in [0.4, 0.5) is 0 Å². The van der Waals surface area contributed by atoms with Crippen LogP contribution in [0.25, 0.3) is 0 Å². The molecular weight excluding hydrogens is 176 g/mol. The highest BCUT2D eigenvalue weighted by atomic mass is 16.1. The van der Waals surface area contributed by atoms with Gasteiger partial charge in [-0.3, -0.25) is 4.79 Å². The molecule has 3 heterocycles. The van der Waals surface area contributed by atoms with Gasteiger partial charge in [-0.25, -0.2) is 0 Å². The molecule has 74 valence electrons. The maximum atomic E-state index is 11.6. The third-order valence-corrected chi connectivity index (χ3v) is 3.38. The molecule has 3 rings (SSSR count). The molecule has 0 aromatic carbocycles. The zero-order valence-corrected chi connectivity index (χ0v) is 8.07. The minimum absolute atomic E-state index is 0.166. The van der Waals surface area contributed by atoms with Crippen LogP contribution in [-0.2, 0) is 6.54 Å². The van der Waals surface area contributed by atoms with Crippen molar-refractivity contribution >= 4 is 0 Å². The Hall–Kier alpha value is -1.09. The van der Waals surface area contributed by atoms with Gasteiger partial charge in [0.15, 0.2) is 0 Å². The third-order valence-electron chi connectivity index (χ3n) is 3.38. The van der Waals surface area contributed by atoms with Crippen LogP contribution in [0, 0.1) is 5.92 Å². The van der Waals surface area contributed by atoms with Crippen molar-refractivity contribution in [1.29, 1.82) is 0 Å². The standard InChI is InChI=1S/C11H14N2O/c14-11-3-1-2-10-9-4-8(5-12-6-9)7-13(10)11/h1-3,8-9,12H,4-7H2/t8?,9-/m0/s1. The number of pyridine rings is 1. The predicted molar refractivity (Wildman–Crippen MR) is 54.4 cm³/mol. The van der Waals surface area contributed by atoms with Crippen molar-refractivity contribution in [3.8, 4) is 0 Å². The molecule has 1 N–H and O–H groups in total. The lowest BCUT2D eigenvalue weighted by Gasteiger charge is -2.37. The van der Waals surface area contributed by atoms with Gasteiger partial charge in [-0.15, -0.1) is 0 Å². The molecule has 1 aromatic rings. The second kappa shape index (κ2) is 2.95. The van der Waals surface area contributed by atoms with Crippen LogP contribution in [-0.4, -0.2) is 17.7 Å². The van der Waals surface area contributed by atoms with Crippen molar-refractivity contribution < 1.29 is 0 Å². The number of aromatic nitrogens is 1. The predicted octanol–water partition coefficient (Wildman–Crippen LogP) is 0.555. The van der Waals surface area contributed by atoms with E-state index in [2.05, 4.69) is 11.4 Å². The van der Waals surface area contributed by atoms with E-state index in [1.807, 2.05) is 10.6 Å². The second-order valence-electron chi connectivity index (χ2n) is 4.36. The highest BCUT2D eigenvalue weighted by Gasteiger charge is 2.30. The summed E-state index contributed by atoms with van der Waals surface area (Å²) >= 11 is 0. The molecule has 1 aromatic heterocycles. The molecule has 2 aliphatic heterocycles. The number of hydrogen-bond donors (Lipinski definition) is 1. The van der Waals surface area contributed by atoms with E-state index >= 15 is 0 Å². The molecule has 1 saturated heterocycles. The maximum Gasteiger partial charge on any atom is 0.250 e. The van der Waals surface area contributed by atoms with Crippen LogP contribution in [0.1, 0.15) is 18.0 Å². The molecule has 1 unspecified atom stereocenters. The van der Waals surface area contributed by atoms with E-state index in [9.17, 15) is 4.79 Å². The van der Waals surface area contributed by atoms with Gasteiger partial charge in [-0.1, -0.05) is 6.07 Å². The Morgan fingerprint density at radius 3 is 3.21 bits per heavy atom. The molecule has 3 heteroatoms. The zero-order chi connectivity index (χ0) is 9.54. The molecule has 2 bridgehead atoms. The van der Waals surface area contributed by atoms with Crippen molar-refractivity contribution in [1.82, 2.24) is 9.88 Å². The summed E-state index contributed by atoms with van der Waals surface area (Å²) in [6.45, 7) is 3.00. The molecule has 0 saturated carbocycles. The molecule has 3 nitrogen and oxygen atoms in total. The average Bonchev–Trinajstić information content (AvgIpc) is 2.20. The van der Waals surface area contributed by atoms with Crippen molar-refractivity contribution in [2.75, 3.05) is 13.1 Å². The highest BCUT2D eigenvalue weighted by molar-refractivity contribution is 5.16. The summed E-state index contributed by atoms with van der Waals surface area (Å²) in [5, 5.41) is 3.43. The van der Waals surface area contributed by atoms with E-state index in [0.717, 1.165) is 19.6 Å². The Labute approximate surface area is 82.8 Å². The summed E-state index contributed by atoms with van der Waals surface area (Å²) in [6.07, 6.45) is 1.25. The SMILES string of the molecule is O=c1cccc2n1CC1CNC[C@@H]2C1. The van der Waals surface area contributed by atoms with E-state index in [0.29, 0.717) is 11.8 Å². The quantitative estimate of drug-likeness (QED) is 0.648. The fourth-order valence-corrected chi connectivity index (χ4v) is 2.74. The molecule has 2 aliphatic rings. The number of fused-ring (bicyclic) bond motifs is 4. The molecule has 14 heavy (non-hydrogen) atoms. The maximum absolute atomic E-state index is 11.6. The van der Waals surface area contributed by atoms with E-state index in [1.54, 1.807) is 6.07 Å². The summed E-state index contributed by atoms with van der Waals surface area (Å²) in [5.41, 5.74) is 1.39. The summed E-state index contributed by atoms with van der Waals surface area (Å²) in [4.78, 5) is 11.6. The molecule has 2 atom stereocenters. The van der Waals surface area contributed by atoms with Crippen LogP contribution >= 0.6 is 0 Å². The topological polar surface area (TPSA) is 34.0 Å². The molecular formula is C11H14N2O. The first-order valence-corrected chi connectivity index (χ1v) is 5.25. The molecule has 0 amide bonds. The van der Waals surface area contributed by atoms with Crippen LogP contribution in [0.5, 0.6) is 0 Å². The first-order chi connectivity index (χ1) is 6.84. The summed E-state index contributed by atoms with van der Waals surface area (Å²) < 4.78 is 1.96. The lowest BCUT2D eigenvalue weighted by Crippen LogP contribution is -2.44. The first-order valence-electron chi connectivity index (χ1n) is 5.25. The van der Waals surface area contributed by atoms with Crippen LogP contribution < -0.4 is 10.9 Å². The lowest BCUT2D eigenvalue weighted by molar-refractivity contribution is 0.257. The van der Waals surface area contributed by atoms with Crippen molar-refractivity contribution in [3.05, 3.63) is 34.2 Å². The van der Waals surface area contributed by atoms with E-state index in [1.165, 1.54) is 12.1 Å². The van der Waals surface area contributed by atoms with Gasteiger partial charge in [-0.2, -0.15) is 0 Å². The van der Waals surface area contributed by atoms with E-state index in [4.69, 9.17) is 0 Å². The minimum atomic E-state index is 0.166. The fourth-order valence-electron chi connectivity index (χ4n) is 2.74. The van der Waals surface area contributed by atoms with Gasteiger partial charge in [0, 0.05) is 30.8 Å². The van der Waals surface area contributed by atoms with Gasteiger partial charge in [-0.05, 0) is 24.9 Å². The molecule has 0 radical (unpaired) electrons. The summed E-state index contributed by atoms with van der Waals surface area (Å²) in [6, 6.07) is 5.64. The zero-order valence-electron chi connectivity index (χ0n) is 8.07. The average molecular weight is 190 g/mol. The minimum Gasteiger partial charge on any atom is -0.316 e. The van der Waals surface area contributed by atoms with Crippen molar-refractivity contribution in [2.24, 2.45) is 5.92 Å². The van der Waals surface area contributed by atoms with Gasteiger partial charge in [0.25, 0.3) is 5.56 Å². The van der Waals surface area contributed by atoms with Crippen LogP contribution in [0.15, 0.2) is 23.0 Å². The normalized spacial score (nSPS) is 29.7. The number of nitrogens with zero attached hydrogens (tertiary/aromatic N) is 1. The van der Waals surface area contributed by atoms with E-state index < -0.39 is 0 Å². The van der Waals surface area contributed by atoms with Crippen LogP contribution in [0.3, 0.4) is 0 Å². The van der Waals surface area contributed by atoms with Gasteiger partial charge in [0.1, 0.15) is 0 Å². The van der Waals surface area contributed by atoms with Crippen molar-refractivity contribution in [2.45, 2.75) is 18.9 Å². The lowest BCUT2D eigenvalue weighted by atomic mass is 9.84. The summed E-state index contributed by atoms with van der Waals surface area (Å²) in [5.74, 6) is 1.21. The second-order valence-corrected chi connectivity index (χ2v) is 4.36. The fraction of sp³-hybridized carbons (Fsp3) is 0.545. The Balaban J connectivity index is 2.15.